The van der Waals surface area contributed by atoms with E-state index in [0.717, 1.165) is 24.1 Å². The van der Waals surface area contributed by atoms with Crippen LogP contribution in [0.15, 0.2) is 12.3 Å². The van der Waals surface area contributed by atoms with Gasteiger partial charge in [-0.15, -0.1) is 0 Å². The molecule has 0 aromatic carbocycles. The Morgan fingerprint density at radius 3 is 2.67 bits per heavy atom. The van der Waals surface area contributed by atoms with E-state index in [2.05, 4.69) is 38.8 Å². The smallest absolute Gasteiger partial charge is 0.192 e. The van der Waals surface area contributed by atoms with Gasteiger partial charge >= 0.3 is 0 Å². The van der Waals surface area contributed by atoms with Crippen LogP contribution in [0.1, 0.15) is 44.6 Å². The minimum absolute atomic E-state index is 0.0240. The molecule has 1 N–H and O–H groups in total. The Balaban J connectivity index is 2.32. The number of halogens is 1. The Kier molecular flexibility index (Phi) is 4.83. The highest BCUT2D eigenvalue weighted by atomic mass is 35.5. The second kappa shape index (κ2) is 5.99. The number of aliphatic hydroxyl groups excluding tert-OH is 1. The molecule has 0 amide bonds. The zero-order valence-corrected chi connectivity index (χ0v) is 15.4. The number of aromatic nitrogens is 1. The van der Waals surface area contributed by atoms with E-state index in [1.54, 1.807) is 6.20 Å². The van der Waals surface area contributed by atoms with Crippen LogP contribution >= 0.6 is 11.6 Å². The second-order valence-corrected chi connectivity index (χ2v) is 12.7. The summed E-state index contributed by atoms with van der Waals surface area (Å²) in [5.41, 5.74) is 2.13. The summed E-state index contributed by atoms with van der Waals surface area (Å²) < 4.78 is 6.56. The van der Waals surface area contributed by atoms with E-state index in [9.17, 15) is 5.11 Å². The molecule has 0 spiro atoms. The Bertz CT molecular complexity index is 513. The first-order chi connectivity index (χ1) is 9.64. The van der Waals surface area contributed by atoms with Gasteiger partial charge in [0.05, 0.1) is 16.8 Å². The Hall–Kier alpha value is -0.423. The molecule has 21 heavy (non-hydrogen) atoms. The van der Waals surface area contributed by atoms with Crippen molar-refractivity contribution in [2.75, 3.05) is 6.61 Å². The average molecular weight is 328 g/mol. The van der Waals surface area contributed by atoms with Crippen molar-refractivity contribution >= 4 is 19.9 Å². The maximum Gasteiger partial charge on any atom is 0.192 e. The highest BCUT2D eigenvalue weighted by Crippen LogP contribution is 2.43. The monoisotopic (exact) mass is 327 g/mol. The Morgan fingerprint density at radius 1 is 1.43 bits per heavy atom. The fourth-order valence-corrected chi connectivity index (χ4v) is 3.98. The molecular formula is C16H26ClNO2Si. The molecule has 1 aliphatic carbocycles. The van der Waals surface area contributed by atoms with Crippen LogP contribution in [0, 0.1) is 5.92 Å². The van der Waals surface area contributed by atoms with Gasteiger partial charge in [-0.1, -0.05) is 32.4 Å². The van der Waals surface area contributed by atoms with Crippen LogP contribution in [0.3, 0.4) is 0 Å². The van der Waals surface area contributed by atoms with Crippen molar-refractivity contribution in [1.29, 1.82) is 0 Å². The van der Waals surface area contributed by atoms with Gasteiger partial charge in [0.25, 0.3) is 0 Å². The van der Waals surface area contributed by atoms with Gasteiger partial charge in [-0.2, -0.15) is 0 Å². The summed E-state index contributed by atoms with van der Waals surface area (Å²) in [6.07, 6.45) is 3.34. The maximum atomic E-state index is 9.56. The van der Waals surface area contributed by atoms with Crippen molar-refractivity contribution in [3.63, 3.8) is 0 Å². The molecule has 5 heteroatoms. The lowest BCUT2D eigenvalue weighted by molar-refractivity contribution is 0.107. The average Bonchev–Trinajstić information content (AvgIpc) is 2.36. The summed E-state index contributed by atoms with van der Waals surface area (Å²) in [6.45, 7) is 11.4. The molecule has 0 aliphatic heterocycles. The number of pyridine rings is 1. The number of rotatable bonds is 3. The van der Waals surface area contributed by atoms with Crippen molar-refractivity contribution in [3.8, 4) is 0 Å². The molecule has 2 rings (SSSR count). The highest BCUT2D eigenvalue weighted by Gasteiger charge is 2.41. The molecule has 1 aromatic rings. The van der Waals surface area contributed by atoms with Gasteiger partial charge in [0.2, 0.25) is 0 Å². The number of fused-ring (bicyclic) bond motifs is 1. The summed E-state index contributed by atoms with van der Waals surface area (Å²) in [6, 6.07) is 1.97. The Labute approximate surface area is 133 Å². The molecule has 0 saturated heterocycles. The topological polar surface area (TPSA) is 42.4 Å². The van der Waals surface area contributed by atoms with Crippen LogP contribution in [0.4, 0.5) is 0 Å². The van der Waals surface area contributed by atoms with Crippen LogP contribution in [0.25, 0.3) is 0 Å². The van der Waals surface area contributed by atoms with E-state index in [-0.39, 0.29) is 23.7 Å². The SMILES string of the molecule is CC(C)(C)[Si](C)(C)O[C@@H]1C[C@@H](CO)Cc2cc(Cl)cnc21. The largest absolute Gasteiger partial charge is 0.408 e. The van der Waals surface area contributed by atoms with E-state index >= 15 is 0 Å². The van der Waals surface area contributed by atoms with Gasteiger partial charge < -0.3 is 9.53 Å². The standard InChI is InChI=1S/C16H26ClNO2Si/c1-16(2,3)21(4,5)20-14-7-11(10-19)6-12-8-13(17)9-18-15(12)14/h8-9,11,14,19H,6-7,10H2,1-5H3/t11-,14+/m0/s1. The number of nitrogens with zero attached hydrogens (tertiary/aromatic N) is 1. The third kappa shape index (κ3) is 3.67. The number of hydrogen-bond acceptors (Lipinski definition) is 3. The minimum atomic E-state index is -1.87. The molecule has 0 fully saturated rings. The van der Waals surface area contributed by atoms with E-state index in [1.807, 2.05) is 6.07 Å². The predicted octanol–water partition coefficient (Wildman–Crippen LogP) is 4.35. The van der Waals surface area contributed by atoms with E-state index in [4.69, 9.17) is 16.0 Å². The third-order valence-corrected chi connectivity index (χ3v) is 9.52. The summed E-state index contributed by atoms with van der Waals surface area (Å²) in [7, 11) is -1.87. The van der Waals surface area contributed by atoms with E-state index < -0.39 is 8.32 Å². The van der Waals surface area contributed by atoms with Crippen LogP contribution < -0.4 is 0 Å². The molecule has 118 valence electrons. The van der Waals surface area contributed by atoms with Crippen LogP contribution in [0.5, 0.6) is 0 Å². The van der Waals surface area contributed by atoms with Gasteiger partial charge in [-0.25, -0.2) is 0 Å². The lowest BCUT2D eigenvalue weighted by atomic mass is 9.85. The van der Waals surface area contributed by atoms with Crippen LogP contribution in [0.2, 0.25) is 23.2 Å². The van der Waals surface area contributed by atoms with E-state index in [0.29, 0.717) is 5.02 Å². The number of hydrogen-bond donors (Lipinski definition) is 1. The lowest BCUT2D eigenvalue weighted by Crippen LogP contribution is -2.43. The molecule has 0 unspecified atom stereocenters. The number of aliphatic hydroxyl groups is 1. The maximum absolute atomic E-state index is 9.56. The quantitative estimate of drug-likeness (QED) is 0.839. The zero-order valence-electron chi connectivity index (χ0n) is 13.6. The lowest BCUT2D eigenvalue weighted by Gasteiger charge is -2.41. The molecule has 1 aliphatic rings. The Morgan fingerprint density at radius 2 is 2.10 bits per heavy atom. The predicted molar refractivity (Wildman–Crippen MR) is 89.2 cm³/mol. The van der Waals surface area contributed by atoms with Gasteiger partial charge in [-0.3, -0.25) is 4.98 Å². The molecule has 1 heterocycles. The normalized spacial score (nSPS) is 23.0. The van der Waals surface area contributed by atoms with Crippen molar-refractivity contribution in [1.82, 2.24) is 4.98 Å². The first-order valence-corrected chi connectivity index (χ1v) is 10.9. The van der Waals surface area contributed by atoms with Crippen molar-refractivity contribution < 1.29 is 9.53 Å². The molecule has 0 radical (unpaired) electrons. The summed E-state index contributed by atoms with van der Waals surface area (Å²) in [5, 5.41) is 10.4. The summed E-state index contributed by atoms with van der Waals surface area (Å²) in [4.78, 5) is 4.52. The fourth-order valence-electron chi connectivity index (χ4n) is 2.53. The third-order valence-electron chi connectivity index (χ3n) is 4.83. The molecule has 0 bridgehead atoms. The van der Waals surface area contributed by atoms with Crippen molar-refractivity contribution in [2.45, 2.75) is 57.8 Å². The van der Waals surface area contributed by atoms with Crippen molar-refractivity contribution in [2.24, 2.45) is 5.92 Å². The first kappa shape index (κ1) is 16.9. The van der Waals surface area contributed by atoms with Crippen LogP contribution in [-0.2, 0) is 10.8 Å². The fraction of sp³-hybridized carbons (Fsp3) is 0.688. The summed E-state index contributed by atoms with van der Waals surface area (Å²) >= 11 is 6.06. The summed E-state index contributed by atoms with van der Waals surface area (Å²) in [5.74, 6) is 0.229. The molecular weight excluding hydrogens is 302 g/mol. The molecule has 2 atom stereocenters. The molecule has 3 nitrogen and oxygen atoms in total. The zero-order chi connectivity index (χ0) is 15.8. The van der Waals surface area contributed by atoms with E-state index in [1.165, 1.54) is 0 Å². The van der Waals surface area contributed by atoms with Gasteiger partial charge in [0, 0.05) is 12.8 Å². The molecule has 1 aromatic heterocycles. The highest BCUT2D eigenvalue weighted by molar-refractivity contribution is 6.74. The molecule has 0 saturated carbocycles. The minimum Gasteiger partial charge on any atom is -0.408 e. The first-order valence-electron chi connectivity index (χ1n) is 7.57. The van der Waals surface area contributed by atoms with Crippen LogP contribution in [-0.4, -0.2) is 25.0 Å². The van der Waals surface area contributed by atoms with Gasteiger partial charge in [0.1, 0.15) is 0 Å². The van der Waals surface area contributed by atoms with Gasteiger partial charge in [0.15, 0.2) is 8.32 Å². The van der Waals surface area contributed by atoms with Gasteiger partial charge in [-0.05, 0) is 48.5 Å². The van der Waals surface area contributed by atoms with Crippen molar-refractivity contribution in [3.05, 3.63) is 28.5 Å². The second-order valence-electron chi connectivity index (χ2n) is 7.55.